The molecule has 2 aromatic rings. The van der Waals surface area contributed by atoms with Crippen LogP contribution >= 0.6 is 0 Å². The third kappa shape index (κ3) is 4.30. The minimum Gasteiger partial charge on any atom is -0.490 e. The van der Waals surface area contributed by atoms with E-state index >= 15 is 0 Å². The summed E-state index contributed by atoms with van der Waals surface area (Å²) >= 11 is 0. The van der Waals surface area contributed by atoms with E-state index in [2.05, 4.69) is 19.9 Å². The Labute approximate surface area is 160 Å². The molecule has 1 aliphatic heterocycles. The first kappa shape index (κ1) is 19.0. The summed E-state index contributed by atoms with van der Waals surface area (Å²) in [5.41, 5.74) is 2.82. The Bertz CT molecular complexity index is 832. The Morgan fingerprint density at radius 2 is 1.89 bits per heavy atom. The second-order valence-electron chi connectivity index (χ2n) is 7.06. The summed E-state index contributed by atoms with van der Waals surface area (Å²) in [6.07, 6.45) is 0.363. The standard InChI is InChI=1S/C22H26N2O3/c1-16(2)17-7-6-8-18(15-17)23(3)21(25)11-12-22(26)24-13-14-27-20-10-5-4-9-19(20)24/h4-10,15-16H,11-14H2,1-3H3. The molecule has 3 rings (SSSR count). The largest absolute Gasteiger partial charge is 0.490 e. The van der Waals surface area contributed by atoms with Crippen molar-refractivity contribution in [2.45, 2.75) is 32.6 Å². The Morgan fingerprint density at radius 1 is 1.11 bits per heavy atom. The number of nitrogens with zero attached hydrogens (tertiary/aromatic N) is 2. The maximum absolute atomic E-state index is 12.7. The van der Waals surface area contributed by atoms with Crippen LogP contribution in [-0.4, -0.2) is 32.0 Å². The SMILES string of the molecule is CC(C)c1cccc(N(C)C(=O)CCC(=O)N2CCOc3ccccc32)c1. The van der Waals surface area contributed by atoms with Crippen LogP contribution in [0, 0.1) is 0 Å². The molecular formula is C22H26N2O3. The topological polar surface area (TPSA) is 49.9 Å². The molecule has 0 saturated heterocycles. The quantitative estimate of drug-likeness (QED) is 0.804. The monoisotopic (exact) mass is 366 g/mol. The minimum atomic E-state index is -0.0641. The summed E-state index contributed by atoms with van der Waals surface area (Å²) in [6.45, 7) is 5.23. The van der Waals surface area contributed by atoms with E-state index in [1.807, 2.05) is 42.5 Å². The van der Waals surface area contributed by atoms with Crippen LogP contribution in [0.3, 0.4) is 0 Å². The smallest absolute Gasteiger partial charge is 0.227 e. The average molecular weight is 366 g/mol. The molecule has 0 aliphatic carbocycles. The molecule has 0 spiro atoms. The van der Waals surface area contributed by atoms with Crippen molar-refractivity contribution in [3.63, 3.8) is 0 Å². The number of rotatable bonds is 5. The predicted molar refractivity (Wildman–Crippen MR) is 107 cm³/mol. The molecule has 5 heteroatoms. The second kappa shape index (κ2) is 8.25. The van der Waals surface area contributed by atoms with Crippen LogP contribution in [0.25, 0.3) is 0 Å². The van der Waals surface area contributed by atoms with Crippen LogP contribution in [0.15, 0.2) is 48.5 Å². The summed E-state index contributed by atoms with van der Waals surface area (Å²) < 4.78 is 5.59. The summed E-state index contributed by atoms with van der Waals surface area (Å²) in [5, 5.41) is 0. The molecule has 0 N–H and O–H groups in total. The lowest BCUT2D eigenvalue weighted by Gasteiger charge is -2.29. The average Bonchev–Trinajstić information content (AvgIpc) is 2.70. The van der Waals surface area contributed by atoms with Gasteiger partial charge in [-0.15, -0.1) is 0 Å². The first-order valence-electron chi connectivity index (χ1n) is 9.36. The van der Waals surface area contributed by atoms with Gasteiger partial charge in [0.2, 0.25) is 11.8 Å². The number of hydrogen-bond acceptors (Lipinski definition) is 3. The summed E-state index contributed by atoms with van der Waals surface area (Å²) in [6, 6.07) is 15.5. The molecule has 0 bridgehead atoms. The van der Waals surface area contributed by atoms with Gasteiger partial charge in [-0.2, -0.15) is 0 Å². The number of hydrogen-bond donors (Lipinski definition) is 0. The van der Waals surface area contributed by atoms with Crippen molar-refractivity contribution in [2.75, 3.05) is 30.0 Å². The summed E-state index contributed by atoms with van der Waals surface area (Å²) in [4.78, 5) is 28.6. The van der Waals surface area contributed by atoms with Gasteiger partial charge in [-0.25, -0.2) is 0 Å². The van der Waals surface area contributed by atoms with Crippen molar-refractivity contribution in [1.29, 1.82) is 0 Å². The molecule has 0 saturated carbocycles. The fraction of sp³-hybridized carbons (Fsp3) is 0.364. The lowest BCUT2D eigenvalue weighted by Crippen LogP contribution is -2.38. The number of benzene rings is 2. The van der Waals surface area contributed by atoms with Crippen molar-refractivity contribution in [1.82, 2.24) is 0 Å². The molecule has 1 aliphatic rings. The number of anilines is 2. The van der Waals surface area contributed by atoms with Gasteiger partial charge in [0.25, 0.3) is 0 Å². The fourth-order valence-electron chi connectivity index (χ4n) is 3.18. The summed E-state index contributed by atoms with van der Waals surface area (Å²) in [5.74, 6) is 0.997. The van der Waals surface area contributed by atoms with E-state index in [0.29, 0.717) is 24.8 Å². The van der Waals surface area contributed by atoms with Crippen molar-refractivity contribution in [3.8, 4) is 5.75 Å². The van der Waals surface area contributed by atoms with Crippen molar-refractivity contribution in [3.05, 3.63) is 54.1 Å². The van der Waals surface area contributed by atoms with Gasteiger partial charge >= 0.3 is 0 Å². The molecule has 0 radical (unpaired) electrons. The van der Waals surface area contributed by atoms with E-state index in [1.54, 1.807) is 16.8 Å². The van der Waals surface area contributed by atoms with Gasteiger partial charge in [0.1, 0.15) is 12.4 Å². The van der Waals surface area contributed by atoms with E-state index < -0.39 is 0 Å². The van der Waals surface area contributed by atoms with E-state index in [-0.39, 0.29) is 24.7 Å². The lowest BCUT2D eigenvalue weighted by atomic mass is 10.0. The molecule has 1 heterocycles. The zero-order valence-corrected chi connectivity index (χ0v) is 16.1. The third-order valence-corrected chi connectivity index (χ3v) is 4.88. The van der Waals surface area contributed by atoms with Crippen LogP contribution in [0.1, 0.15) is 38.2 Å². The summed E-state index contributed by atoms with van der Waals surface area (Å²) in [7, 11) is 1.76. The molecule has 0 fully saturated rings. The van der Waals surface area contributed by atoms with Gasteiger partial charge in [-0.3, -0.25) is 9.59 Å². The molecule has 0 atom stereocenters. The molecule has 0 unspecified atom stereocenters. The van der Waals surface area contributed by atoms with E-state index in [9.17, 15) is 9.59 Å². The van der Waals surface area contributed by atoms with Crippen molar-refractivity contribution < 1.29 is 14.3 Å². The van der Waals surface area contributed by atoms with E-state index in [0.717, 1.165) is 11.4 Å². The zero-order valence-electron chi connectivity index (χ0n) is 16.1. The number of para-hydroxylation sites is 2. The molecule has 2 aromatic carbocycles. The highest BCUT2D eigenvalue weighted by molar-refractivity contribution is 5.99. The normalized spacial score (nSPS) is 13.1. The Kier molecular flexibility index (Phi) is 5.79. The van der Waals surface area contributed by atoms with Crippen LogP contribution in [0.5, 0.6) is 5.75 Å². The minimum absolute atomic E-state index is 0.0524. The zero-order chi connectivity index (χ0) is 19.4. The van der Waals surface area contributed by atoms with Gasteiger partial charge in [0.05, 0.1) is 12.2 Å². The molecule has 142 valence electrons. The third-order valence-electron chi connectivity index (χ3n) is 4.88. The first-order valence-corrected chi connectivity index (χ1v) is 9.36. The highest BCUT2D eigenvalue weighted by Gasteiger charge is 2.24. The second-order valence-corrected chi connectivity index (χ2v) is 7.06. The lowest BCUT2D eigenvalue weighted by molar-refractivity contribution is -0.123. The van der Waals surface area contributed by atoms with E-state index in [4.69, 9.17) is 4.74 Å². The number of amides is 2. The predicted octanol–water partition coefficient (Wildman–Crippen LogP) is 3.98. The number of carbonyl (C=O) groups is 2. The Balaban J connectivity index is 1.62. The Morgan fingerprint density at radius 3 is 2.67 bits per heavy atom. The van der Waals surface area contributed by atoms with Gasteiger partial charge in [0, 0.05) is 25.6 Å². The van der Waals surface area contributed by atoms with Gasteiger partial charge in [-0.1, -0.05) is 38.1 Å². The number of fused-ring (bicyclic) bond motifs is 1. The van der Waals surface area contributed by atoms with Crippen LogP contribution in [0.4, 0.5) is 11.4 Å². The highest BCUT2D eigenvalue weighted by atomic mass is 16.5. The van der Waals surface area contributed by atoms with E-state index in [1.165, 1.54) is 5.56 Å². The fourth-order valence-corrected chi connectivity index (χ4v) is 3.18. The van der Waals surface area contributed by atoms with Gasteiger partial charge < -0.3 is 14.5 Å². The maximum atomic E-state index is 12.7. The Hall–Kier alpha value is -2.82. The van der Waals surface area contributed by atoms with Crippen molar-refractivity contribution >= 4 is 23.2 Å². The van der Waals surface area contributed by atoms with Crippen LogP contribution in [0.2, 0.25) is 0 Å². The molecule has 0 aromatic heterocycles. The first-order chi connectivity index (χ1) is 13.0. The maximum Gasteiger partial charge on any atom is 0.227 e. The number of ether oxygens (including phenoxy) is 1. The van der Waals surface area contributed by atoms with Gasteiger partial charge in [0.15, 0.2) is 0 Å². The van der Waals surface area contributed by atoms with Crippen LogP contribution < -0.4 is 14.5 Å². The molecule has 5 nitrogen and oxygen atoms in total. The molecule has 2 amide bonds. The van der Waals surface area contributed by atoms with Crippen LogP contribution in [-0.2, 0) is 9.59 Å². The van der Waals surface area contributed by atoms with Gasteiger partial charge in [-0.05, 0) is 35.7 Å². The van der Waals surface area contributed by atoms with Crippen molar-refractivity contribution in [2.24, 2.45) is 0 Å². The highest BCUT2D eigenvalue weighted by Crippen LogP contribution is 2.31. The number of carbonyl (C=O) groups excluding carboxylic acids is 2. The molecule has 27 heavy (non-hydrogen) atoms. The molecular weight excluding hydrogens is 340 g/mol.